The molecule has 2 N–H and O–H groups in total. The Bertz CT molecular complexity index is 597. The molecule has 0 radical (unpaired) electrons. The van der Waals surface area contributed by atoms with Gasteiger partial charge in [-0.1, -0.05) is 55.8 Å². The van der Waals surface area contributed by atoms with Gasteiger partial charge in [-0.05, 0) is 36.6 Å². The fraction of sp³-hybridized carbons (Fsp3) is 0.316. The predicted octanol–water partition coefficient (Wildman–Crippen LogP) is 4.04. The number of carbonyl (C=O) groups excluding carboxylic acids is 1. The molecule has 0 saturated heterocycles. The Balaban J connectivity index is 1.72. The fourth-order valence-electron chi connectivity index (χ4n) is 2.30. The summed E-state index contributed by atoms with van der Waals surface area (Å²) >= 11 is 0. The summed E-state index contributed by atoms with van der Waals surface area (Å²) in [5.74, 6) is 0.751. The fourth-order valence-corrected chi connectivity index (χ4v) is 2.30. The Morgan fingerprint density at radius 3 is 2.43 bits per heavy atom. The zero-order valence-corrected chi connectivity index (χ0v) is 13.7. The van der Waals surface area contributed by atoms with E-state index in [4.69, 9.17) is 4.74 Å². The maximum absolute atomic E-state index is 11.9. The molecule has 0 aliphatic heterocycles. The van der Waals surface area contributed by atoms with Crippen molar-refractivity contribution >= 4 is 6.03 Å². The van der Waals surface area contributed by atoms with Crippen LogP contribution < -0.4 is 15.4 Å². The largest absolute Gasteiger partial charge is 0.473 e. The Hall–Kier alpha value is -2.49. The minimum atomic E-state index is -0.246. The van der Waals surface area contributed by atoms with Crippen LogP contribution in [0.5, 0.6) is 5.75 Å². The molecule has 0 bridgehead atoms. The third kappa shape index (κ3) is 5.66. The first-order valence-corrected chi connectivity index (χ1v) is 8.00. The molecule has 2 aromatic carbocycles. The molecule has 4 nitrogen and oxygen atoms in total. The SMILES string of the molecule is CCCc1ccc(OCNC(=O)NC(C)c2ccccc2)cc1. The molecule has 0 fully saturated rings. The lowest BCUT2D eigenvalue weighted by molar-refractivity contribution is 0.221. The summed E-state index contributed by atoms with van der Waals surface area (Å²) in [5, 5.41) is 5.58. The second kappa shape index (κ2) is 8.83. The van der Waals surface area contributed by atoms with E-state index in [-0.39, 0.29) is 18.8 Å². The van der Waals surface area contributed by atoms with Crippen molar-refractivity contribution in [3.8, 4) is 5.75 Å². The third-order valence-electron chi connectivity index (χ3n) is 3.58. The first-order valence-electron chi connectivity index (χ1n) is 8.00. The number of urea groups is 1. The van der Waals surface area contributed by atoms with Gasteiger partial charge in [-0.25, -0.2) is 4.79 Å². The van der Waals surface area contributed by atoms with Gasteiger partial charge in [0, 0.05) is 0 Å². The second-order valence-electron chi connectivity index (χ2n) is 5.47. The molecular weight excluding hydrogens is 288 g/mol. The molecule has 0 aliphatic carbocycles. The van der Waals surface area contributed by atoms with E-state index in [1.165, 1.54) is 5.56 Å². The average molecular weight is 312 g/mol. The van der Waals surface area contributed by atoms with Crippen molar-refractivity contribution < 1.29 is 9.53 Å². The van der Waals surface area contributed by atoms with Gasteiger partial charge in [0.15, 0.2) is 6.73 Å². The topological polar surface area (TPSA) is 50.4 Å². The van der Waals surface area contributed by atoms with E-state index >= 15 is 0 Å². The Labute approximate surface area is 137 Å². The molecule has 0 aliphatic rings. The van der Waals surface area contributed by atoms with Gasteiger partial charge in [0.2, 0.25) is 0 Å². The quantitative estimate of drug-likeness (QED) is 0.758. The molecule has 0 heterocycles. The van der Waals surface area contributed by atoms with Gasteiger partial charge in [0.25, 0.3) is 0 Å². The second-order valence-corrected chi connectivity index (χ2v) is 5.47. The number of hydrogen-bond acceptors (Lipinski definition) is 2. The van der Waals surface area contributed by atoms with Crippen LogP contribution in [0.2, 0.25) is 0 Å². The van der Waals surface area contributed by atoms with Crippen LogP contribution >= 0.6 is 0 Å². The summed E-state index contributed by atoms with van der Waals surface area (Å²) in [4.78, 5) is 11.9. The number of benzene rings is 2. The van der Waals surface area contributed by atoms with Gasteiger partial charge in [-0.3, -0.25) is 0 Å². The highest BCUT2D eigenvalue weighted by Gasteiger charge is 2.08. The van der Waals surface area contributed by atoms with Crippen molar-refractivity contribution in [1.82, 2.24) is 10.6 Å². The summed E-state index contributed by atoms with van der Waals surface area (Å²) in [6, 6.07) is 17.5. The van der Waals surface area contributed by atoms with Crippen LogP contribution in [0.15, 0.2) is 54.6 Å². The highest BCUT2D eigenvalue weighted by Crippen LogP contribution is 2.13. The molecule has 0 spiro atoms. The van der Waals surface area contributed by atoms with Crippen LogP contribution in [0.25, 0.3) is 0 Å². The monoisotopic (exact) mass is 312 g/mol. The van der Waals surface area contributed by atoms with Crippen molar-refractivity contribution in [2.75, 3.05) is 6.73 Å². The van der Waals surface area contributed by atoms with Crippen LogP contribution in [0.1, 0.15) is 37.4 Å². The van der Waals surface area contributed by atoms with Crippen LogP contribution in [0, 0.1) is 0 Å². The number of hydrogen-bond donors (Lipinski definition) is 2. The van der Waals surface area contributed by atoms with Crippen molar-refractivity contribution in [3.05, 3.63) is 65.7 Å². The van der Waals surface area contributed by atoms with E-state index in [2.05, 4.69) is 29.7 Å². The summed E-state index contributed by atoms with van der Waals surface area (Å²) in [5.41, 5.74) is 2.36. The van der Waals surface area contributed by atoms with Gasteiger partial charge in [0.1, 0.15) is 5.75 Å². The highest BCUT2D eigenvalue weighted by molar-refractivity contribution is 5.74. The minimum absolute atomic E-state index is 0.0514. The Morgan fingerprint density at radius 2 is 1.78 bits per heavy atom. The Kier molecular flexibility index (Phi) is 6.48. The van der Waals surface area contributed by atoms with Crippen LogP contribution in [0.3, 0.4) is 0 Å². The average Bonchev–Trinajstić information content (AvgIpc) is 2.57. The minimum Gasteiger partial charge on any atom is -0.473 e. The summed E-state index contributed by atoms with van der Waals surface area (Å²) in [7, 11) is 0. The zero-order chi connectivity index (χ0) is 16.5. The summed E-state index contributed by atoms with van der Waals surface area (Å²) < 4.78 is 5.53. The predicted molar refractivity (Wildman–Crippen MR) is 92.5 cm³/mol. The van der Waals surface area contributed by atoms with E-state index in [1.807, 2.05) is 49.4 Å². The lowest BCUT2D eigenvalue weighted by Crippen LogP contribution is -2.38. The lowest BCUT2D eigenvalue weighted by atomic mass is 10.1. The van der Waals surface area contributed by atoms with E-state index < -0.39 is 0 Å². The first kappa shape index (κ1) is 16.9. The number of rotatable bonds is 7. The molecular formula is C19H24N2O2. The van der Waals surface area contributed by atoms with Crippen molar-refractivity contribution in [3.63, 3.8) is 0 Å². The van der Waals surface area contributed by atoms with E-state index in [1.54, 1.807) is 0 Å². The van der Waals surface area contributed by atoms with Gasteiger partial charge >= 0.3 is 6.03 Å². The number of carbonyl (C=O) groups is 1. The van der Waals surface area contributed by atoms with Crippen LogP contribution in [-0.4, -0.2) is 12.8 Å². The Morgan fingerprint density at radius 1 is 1.09 bits per heavy atom. The van der Waals surface area contributed by atoms with E-state index in [9.17, 15) is 4.79 Å². The third-order valence-corrected chi connectivity index (χ3v) is 3.58. The highest BCUT2D eigenvalue weighted by atomic mass is 16.5. The molecule has 2 amide bonds. The van der Waals surface area contributed by atoms with Crippen LogP contribution in [-0.2, 0) is 6.42 Å². The normalized spacial score (nSPS) is 11.6. The number of aryl methyl sites for hydroxylation is 1. The lowest BCUT2D eigenvalue weighted by Gasteiger charge is -2.15. The molecule has 1 atom stereocenters. The molecule has 0 saturated carbocycles. The van der Waals surface area contributed by atoms with Crippen molar-refractivity contribution in [2.24, 2.45) is 0 Å². The molecule has 23 heavy (non-hydrogen) atoms. The maximum Gasteiger partial charge on any atom is 0.317 e. The molecule has 2 rings (SSSR count). The van der Waals surface area contributed by atoms with E-state index in [0.717, 1.165) is 24.2 Å². The van der Waals surface area contributed by atoms with Gasteiger partial charge in [-0.2, -0.15) is 0 Å². The first-order chi connectivity index (χ1) is 11.2. The summed E-state index contributed by atoms with van der Waals surface area (Å²) in [6.07, 6.45) is 2.19. The number of amides is 2. The molecule has 4 heteroatoms. The van der Waals surface area contributed by atoms with Gasteiger partial charge < -0.3 is 15.4 Å². The summed E-state index contributed by atoms with van der Waals surface area (Å²) in [6.45, 7) is 4.24. The number of ether oxygens (including phenoxy) is 1. The molecule has 122 valence electrons. The zero-order valence-electron chi connectivity index (χ0n) is 13.7. The maximum atomic E-state index is 11.9. The smallest absolute Gasteiger partial charge is 0.317 e. The number of nitrogens with one attached hydrogen (secondary N) is 2. The van der Waals surface area contributed by atoms with Gasteiger partial charge in [0.05, 0.1) is 6.04 Å². The molecule has 0 aromatic heterocycles. The van der Waals surface area contributed by atoms with Crippen molar-refractivity contribution in [2.45, 2.75) is 32.7 Å². The van der Waals surface area contributed by atoms with E-state index in [0.29, 0.717) is 0 Å². The molecule has 1 unspecified atom stereocenters. The molecule has 2 aromatic rings. The van der Waals surface area contributed by atoms with Crippen molar-refractivity contribution in [1.29, 1.82) is 0 Å². The van der Waals surface area contributed by atoms with Gasteiger partial charge in [-0.15, -0.1) is 0 Å². The van der Waals surface area contributed by atoms with Crippen LogP contribution in [0.4, 0.5) is 4.79 Å². The standard InChI is InChI=1S/C19H24N2O2/c1-3-7-16-10-12-18(13-11-16)23-14-20-19(22)21-15(2)17-8-5-4-6-9-17/h4-6,8-13,15H,3,7,14H2,1-2H3,(H2,20,21,22).